The van der Waals surface area contributed by atoms with E-state index in [1.54, 1.807) is 7.11 Å². The third-order valence-electron chi connectivity index (χ3n) is 5.11. The van der Waals surface area contributed by atoms with Gasteiger partial charge in [-0.1, -0.05) is 41.9 Å². The van der Waals surface area contributed by atoms with E-state index < -0.39 is 18.3 Å². The summed E-state index contributed by atoms with van der Waals surface area (Å²) in [6, 6.07) is 14.1. The molecule has 0 amide bonds. The van der Waals surface area contributed by atoms with E-state index in [0.717, 1.165) is 23.2 Å². The zero-order chi connectivity index (χ0) is 18.2. The van der Waals surface area contributed by atoms with E-state index in [0.29, 0.717) is 5.02 Å². The van der Waals surface area contributed by atoms with Crippen molar-refractivity contribution in [2.24, 2.45) is 0 Å². The van der Waals surface area contributed by atoms with Crippen molar-refractivity contribution < 1.29 is 14.0 Å². The van der Waals surface area contributed by atoms with Crippen LogP contribution in [0.5, 0.6) is 5.75 Å². The van der Waals surface area contributed by atoms with Crippen LogP contribution >= 0.6 is 11.6 Å². The maximum absolute atomic E-state index is 6.40. The normalized spacial score (nSPS) is 18.4. The van der Waals surface area contributed by atoms with E-state index >= 15 is 0 Å². The van der Waals surface area contributed by atoms with Crippen molar-refractivity contribution in [3.8, 4) is 5.75 Å². The molecule has 1 aliphatic heterocycles. The van der Waals surface area contributed by atoms with Crippen molar-refractivity contribution in [2.75, 3.05) is 7.11 Å². The number of halogens is 1. The average molecular weight is 359 g/mol. The van der Waals surface area contributed by atoms with Gasteiger partial charge in [-0.2, -0.15) is 0 Å². The molecule has 3 nitrogen and oxygen atoms in total. The van der Waals surface area contributed by atoms with Gasteiger partial charge in [-0.15, -0.1) is 0 Å². The summed E-state index contributed by atoms with van der Waals surface area (Å²) in [5, 5.41) is 0.649. The Morgan fingerprint density at radius 1 is 1.00 bits per heavy atom. The number of hydrogen-bond donors (Lipinski definition) is 0. The van der Waals surface area contributed by atoms with Crippen LogP contribution in [0, 0.1) is 0 Å². The Bertz CT molecular complexity index is 743. The van der Waals surface area contributed by atoms with Crippen LogP contribution in [0.2, 0.25) is 5.02 Å². The molecule has 25 heavy (non-hydrogen) atoms. The standard InChI is InChI=1S/C20H24BClO3/c1-19(2)20(3,4)25-21(24-19)17-13-16(22)12-15(18(17)23-5)11-14-9-7-6-8-10-14/h6-10,12-13H,11H2,1-5H3. The summed E-state index contributed by atoms with van der Waals surface area (Å²) in [6.45, 7) is 8.15. The molecule has 0 aliphatic carbocycles. The summed E-state index contributed by atoms with van der Waals surface area (Å²) < 4.78 is 18.1. The molecule has 0 N–H and O–H groups in total. The average Bonchev–Trinajstić information content (AvgIpc) is 2.76. The number of ether oxygens (including phenoxy) is 1. The molecule has 0 saturated carbocycles. The van der Waals surface area contributed by atoms with Gasteiger partial charge in [0.25, 0.3) is 0 Å². The molecule has 0 atom stereocenters. The molecular weight excluding hydrogens is 334 g/mol. The second-order valence-electron chi connectivity index (χ2n) is 7.44. The molecule has 132 valence electrons. The van der Waals surface area contributed by atoms with E-state index in [-0.39, 0.29) is 0 Å². The number of methoxy groups -OCH3 is 1. The Kier molecular flexibility index (Phi) is 4.89. The first-order valence-corrected chi connectivity index (χ1v) is 8.87. The van der Waals surface area contributed by atoms with Crippen molar-refractivity contribution in [1.82, 2.24) is 0 Å². The Morgan fingerprint density at radius 2 is 1.60 bits per heavy atom. The second kappa shape index (κ2) is 6.67. The number of hydrogen-bond acceptors (Lipinski definition) is 3. The fourth-order valence-electron chi connectivity index (χ4n) is 3.01. The molecule has 0 aromatic heterocycles. The van der Waals surface area contributed by atoms with Crippen LogP contribution in [0.25, 0.3) is 0 Å². The summed E-state index contributed by atoms with van der Waals surface area (Å²) in [5.74, 6) is 0.770. The monoisotopic (exact) mass is 358 g/mol. The molecule has 1 heterocycles. The van der Waals surface area contributed by atoms with Crippen molar-refractivity contribution in [3.63, 3.8) is 0 Å². The van der Waals surface area contributed by atoms with E-state index in [9.17, 15) is 0 Å². The second-order valence-corrected chi connectivity index (χ2v) is 7.87. The highest BCUT2D eigenvalue weighted by molar-refractivity contribution is 6.63. The first-order chi connectivity index (χ1) is 11.7. The van der Waals surface area contributed by atoms with Gasteiger partial charge >= 0.3 is 7.12 Å². The van der Waals surface area contributed by atoms with Crippen LogP contribution in [0.15, 0.2) is 42.5 Å². The molecule has 2 aromatic rings. The number of benzene rings is 2. The van der Waals surface area contributed by atoms with Gasteiger partial charge in [0.1, 0.15) is 5.75 Å². The zero-order valence-corrected chi connectivity index (χ0v) is 16.2. The Hall–Kier alpha value is -1.49. The zero-order valence-electron chi connectivity index (χ0n) is 15.4. The predicted octanol–water partition coefficient (Wildman–Crippen LogP) is 4.24. The van der Waals surface area contributed by atoms with Crippen LogP contribution in [0.4, 0.5) is 0 Å². The highest BCUT2D eigenvalue weighted by Gasteiger charge is 2.52. The lowest BCUT2D eigenvalue weighted by Crippen LogP contribution is -2.41. The molecule has 1 aliphatic rings. The van der Waals surface area contributed by atoms with Crippen LogP contribution in [-0.2, 0) is 15.7 Å². The van der Waals surface area contributed by atoms with Crippen molar-refractivity contribution in [2.45, 2.75) is 45.3 Å². The first kappa shape index (κ1) is 18.3. The van der Waals surface area contributed by atoms with Gasteiger partial charge < -0.3 is 14.0 Å². The van der Waals surface area contributed by atoms with Gasteiger partial charge in [-0.25, -0.2) is 0 Å². The van der Waals surface area contributed by atoms with Gasteiger partial charge in [0.05, 0.1) is 18.3 Å². The van der Waals surface area contributed by atoms with Crippen LogP contribution < -0.4 is 10.2 Å². The quantitative estimate of drug-likeness (QED) is 0.765. The Morgan fingerprint density at radius 3 is 2.16 bits per heavy atom. The lowest BCUT2D eigenvalue weighted by molar-refractivity contribution is 0.00578. The molecule has 0 unspecified atom stereocenters. The van der Waals surface area contributed by atoms with Gasteiger partial charge in [-0.3, -0.25) is 0 Å². The summed E-state index contributed by atoms with van der Waals surface area (Å²) >= 11 is 6.40. The van der Waals surface area contributed by atoms with Crippen LogP contribution in [0.3, 0.4) is 0 Å². The largest absolute Gasteiger partial charge is 0.498 e. The third-order valence-corrected chi connectivity index (χ3v) is 5.33. The molecular formula is C20H24BClO3. The van der Waals surface area contributed by atoms with Crippen molar-refractivity contribution in [1.29, 1.82) is 0 Å². The molecule has 0 radical (unpaired) electrons. The van der Waals surface area contributed by atoms with Crippen LogP contribution in [-0.4, -0.2) is 25.4 Å². The highest BCUT2D eigenvalue weighted by Crippen LogP contribution is 2.38. The molecule has 5 heteroatoms. The summed E-state index contributed by atoms with van der Waals surface area (Å²) in [4.78, 5) is 0. The lowest BCUT2D eigenvalue weighted by atomic mass is 9.77. The SMILES string of the molecule is COc1c(Cc2ccccc2)cc(Cl)cc1B1OC(C)(C)C(C)(C)O1. The molecule has 0 bridgehead atoms. The first-order valence-electron chi connectivity index (χ1n) is 8.49. The summed E-state index contributed by atoms with van der Waals surface area (Å²) in [5.41, 5.74) is 2.23. The fourth-order valence-corrected chi connectivity index (χ4v) is 3.26. The third kappa shape index (κ3) is 3.57. The van der Waals surface area contributed by atoms with Gasteiger partial charge in [-0.05, 0) is 51.0 Å². The van der Waals surface area contributed by atoms with Crippen molar-refractivity contribution >= 4 is 24.2 Å². The van der Waals surface area contributed by atoms with Gasteiger partial charge in [0.15, 0.2) is 0 Å². The highest BCUT2D eigenvalue weighted by atomic mass is 35.5. The topological polar surface area (TPSA) is 27.7 Å². The summed E-state index contributed by atoms with van der Waals surface area (Å²) in [7, 11) is 1.17. The summed E-state index contributed by atoms with van der Waals surface area (Å²) in [6.07, 6.45) is 0.733. The van der Waals surface area contributed by atoms with E-state index in [4.69, 9.17) is 25.6 Å². The van der Waals surface area contributed by atoms with E-state index in [1.165, 1.54) is 5.56 Å². The minimum absolute atomic E-state index is 0.412. The molecule has 0 spiro atoms. The van der Waals surface area contributed by atoms with Gasteiger partial charge in [0, 0.05) is 16.9 Å². The minimum atomic E-state index is -0.506. The van der Waals surface area contributed by atoms with E-state index in [2.05, 4.69) is 12.1 Å². The maximum Gasteiger partial charge on any atom is 0.498 e. The smallest absolute Gasteiger partial charge is 0.497 e. The van der Waals surface area contributed by atoms with Crippen molar-refractivity contribution in [3.05, 3.63) is 58.6 Å². The van der Waals surface area contributed by atoms with Crippen LogP contribution in [0.1, 0.15) is 38.8 Å². The Labute approximate surface area is 155 Å². The van der Waals surface area contributed by atoms with Gasteiger partial charge in [0.2, 0.25) is 0 Å². The molecule has 1 fully saturated rings. The number of rotatable bonds is 4. The van der Waals surface area contributed by atoms with E-state index in [1.807, 2.05) is 58.0 Å². The fraction of sp³-hybridized carbons (Fsp3) is 0.400. The predicted molar refractivity (Wildman–Crippen MR) is 103 cm³/mol. The maximum atomic E-state index is 6.40. The lowest BCUT2D eigenvalue weighted by Gasteiger charge is -2.32. The minimum Gasteiger partial charge on any atom is -0.497 e. The molecule has 3 rings (SSSR count). The Balaban J connectivity index is 2.01. The molecule has 2 aromatic carbocycles. The molecule has 1 saturated heterocycles.